The molecule has 2 aromatic heterocycles. The minimum Gasteiger partial charge on any atom is -0.358 e. The first-order valence-electron chi connectivity index (χ1n) is 9.45. The van der Waals surface area contributed by atoms with Crippen LogP contribution in [0.3, 0.4) is 0 Å². The number of non-ortho nitro benzene ring substituents is 1. The number of fused-ring (bicyclic) bond motifs is 1. The van der Waals surface area contributed by atoms with Gasteiger partial charge in [0.2, 0.25) is 17.0 Å². The summed E-state index contributed by atoms with van der Waals surface area (Å²) < 4.78 is 0.741. The number of benzene rings is 2. The fraction of sp³-hybridized carbons (Fsp3) is 0.105. The van der Waals surface area contributed by atoms with Crippen molar-refractivity contribution >= 4 is 73.3 Å². The van der Waals surface area contributed by atoms with Gasteiger partial charge in [-0.25, -0.2) is 10.1 Å². The Morgan fingerprint density at radius 3 is 2.79 bits per heavy atom. The predicted molar refractivity (Wildman–Crippen MR) is 132 cm³/mol. The number of thiocarbonyl (C=S) groups is 1. The van der Waals surface area contributed by atoms with Crippen LogP contribution >= 0.6 is 35.3 Å². The highest BCUT2D eigenvalue weighted by Gasteiger charge is 2.13. The number of nitro groups is 1. The molecule has 11 nitrogen and oxygen atoms in total. The number of H-pyrrole nitrogens is 1. The third-order valence-corrected chi connectivity index (χ3v) is 6.20. The zero-order chi connectivity index (χ0) is 23.2. The predicted octanol–water partition coefficient (Wildman–Crippen LogP) is 3.54. The first-order chi connectivity index (χ1) is 16.0. The largest absolute Gasteiger partial charge is 0.358 e. The number of hydrogen-bond donors (Lipinski definition) is 4. The van der Waals surface area contributed by atoms with Gasteiger partial charge in [0.1, 0.15) is 0 Å². The number of anilines is 2. The van der Waals surface area contributed by atoms with Crippen molar-refractivity contribution in [2.45, 2.75) is 11.7 Å². The van der Waals surface area contributed by atoms with Crippen molar-refractivity contribution in [1.29, 1.82) is 0 Å². The van der Waals surface area contributed by atoms with E-state index in [-0.39, 0.29) is 17.3 Å². The van der Waals surface area contributed by atoms with E-state index in [4.69, 9.17) is 12.2 Å². The molecule has 0 saturated heterocycles. The molecule has 2 heterocycles. The van der Waals surface area contributed by atoms with E-state index in [1.165, 1.54) is 23.5 Å². The average Bonchev–Trinajstić information content (AvgIpc) is 3.42. The molecular formula is C19H16N8O3S3. The normalized spacial score (nSPS) is 10.7. The first kappa shape index (κ1) is 22.6. The van der Waals surface area contributed by atoms with E-state index in [9.17, 15) is 14.9 Å². The maximum atomic E-state index is 12.3. The number of aromatic amines is 1. The number of carbonyl (C=O) groups excluding carboxylic acids is 1. The number of rotatable bonds is 8. The van der Waals surface area contributed by atoms with E-state index in [1.54, 1.807) is 6.07 Å². The fourth-order valence-electron chi connectivity index (χ4n) is 2.67. The Morgan fingerprint density at radius 1 is 1.18 bits per heavy atom. The Morgan fingerprint density at radius 2 is 2.00 bits per heavy atom. The van der Waals surface area contributed by atoms with Gasteiger partial charge in [0, 0.05) is 18.7 Å². The van der Waals surface area contributed by atoms with Gasteiger partial charge >= 0.3 is 0 Å². The minimum atomic E-state index is -0.486. The second-order valence-corrected chi connectivity index (χ2v) is 8.91. The SMILES string of the molecule is O=C(CSc1n[nH]c(NC(=S)NCc2ccccc2)n1)Nc1nc2cc([N+](=O)[O-])ccc2s1. The zero-order valence-corrected chi connectivity index (χ0v) is 19.2. The zero-order valence-electron chi connectivity index (χ0n) is 16.8. The van der Waals surface area contributed by atoms with Gasteiger partial charge in [0.25, 0.3) is 5.69 Å². The van der Waals surface area contributed by atoms with Crippen LogP contribution in [0.15, 0.2) is 53.7 Å². The fourth-order valence-corrected chi connectivity index (χ4v) is 4.29. The molecule has 0 aliphatic carbocycles. The lowest BCUT2D eigenvalue weighted by atomic mass is 10.2. The van der Waals surface area contributed by atoms with E-state index >= 15 is 0 Å². The molecule has 33 heavy (non-hydrogen) atoms. The second-order valence-electron chi connectivity index (χ2n) is 6.52. The molecule has 4 rings (SSSR count). The van der Waals surface area contributed by atoms with Crippen molar-refractivity contribution in [3.8, 4) is 0 Å². The van der Waals surface area contributed by atoms with Gasteiger partial charge in [0.15, 0.2) is 10.2 Å². The van der Waals surface area contributed by atoms with Crippen LogP contribution in [-0.4, -0.2) is 41.9 Å². The first-order valence-corrected chi connectivity index (χ1v) is 11.7. The number of thiazole rings is 1. The van der Waals surface area contributed by atoms with Gasteiger partial charge in [-0.1, -0.05) is 53.4 Å². The summed E-state index contributed by atoms with van der Waals surface area (Å²) in [7, 11) is 0. The smallest absolute Gasteiger partial charge is 0.271 e. The summed E-state index contributed by atoms with van der Waals surface area (Å²) in [4.78, 5) is 31.1. The van der Waals surface area contributed by atoms with E-state index in [1.807, 2.05) is 30.3 Å². The van der Waals surface area contributed by atoms with E-state index in [2.05, 4.69) is 36.1 Å². The van der Waals surface area contributed by atoms with Gasteiger partial charge in [-0.05, 0) is 23.8 Å². The molecule has 0 aliphatic rings. The monoisotopic (exact) mass is 500 g/mol. The van der Waals surface area contributed by atoms with E-state index in [0.29, 0.717) is 33.4 Å². The molecule has 2 aromatic carbocycles. The summed E-state index contributed by atoms with van der Waals surface area (Å²) in [6, 6.07) is 14.2. The molecule has 0 fully saturated rings. The van der Waals surface area contributed by atoms with Crippen molar-refractivity contribution in [3.63, 3.8) is 0 Å². The molecule has 0 radical (unpaired) electrons. The van der Waals surface area contributed by atoms with Crippen LogP contribution in [0.1, 0.15) is 5.56 Å². The third-order valence-electron chi connectivity index (χ3n) is 4.15. The molecule has 0 saturated carbocycles. The lowest BCUT2D eigenvalue weighted by Crippen LogP contribution is -2.28. The lowest BCUT2D eigenvalue weighted by molar-refractivity contribution is -0.384. The third kappa shape index (κ3) is 6.21. The summed E-state index contributed by atoms with van der Waals surface area (Å²) in [5.41, 5.74) is 1.50. The summed E-state index contributed by atoms with van der Waals surface area (Å²) in [6.07, 6.45) is 0. The maximum absolute atomic E-state index is 12.3. The van der Waals surface area contributed by atoms with Gasteiger partial charge in [0.05, 0.1) is 20.9 Å². The summed E-state index contributed by atoms with van der Waals surface area (Å²) in [5.74, 6) is 0.119. The molecule has 1 amide bonds. The van der Waals surface area contributed by atoms with Gasteiger partial charge in [-0.3, -0.25) is 14.9 Å². The van der Waals surface area contributed by atoms with Gasteiger partial charge in [-0.15, -0.1) is 5.10 Å². The van der Waals surface area contributed by atoms with Crippen molar-refractivity contribution in [1.82, 2.24) is 25.5 Å². The number of thioether (sulfide) groups is 1. The Labute approximate surface area is 200 Å². The Hall–Kier alpha value is -3.62. The molecule has 168 valence electrons. The van der Waals surface area contributed by atoms with Crippen molar-refractivity contribution in [2.75, 3.05) is 16.4 Å². The number of nitrogens with one attached hydrogen (secondary N) is 4. The molecule has 0 spiro atoms. The topological polar surface area (TPSA) is 151 Å². The van der Waals surface area contributed by atoms with Crippen LogP contribution in [0, 0.1) is 10.1 Å². The number of nitrogens with zero attached hydrogens (tertiary/aromatic N) is 4. The van der Waals surface area contributed by atoms with Gasteiger partial charge in [-0.2, -0.15) is 4.98 Å². The number of carbonyl (C=O) groups is 1. The summed E-state index contributed by atoms with van der Waals surface area (Å²) in [5, 5.41) is 27.4. The maximum Gasteiger partial charge on any atom is 0.271 e. The van der Waals surface area contributed by atoms with Crippen molar-refractivity contribution < 1.29 is 9.72 Å². The number of amides is 1. The van der Waals surface area contributed by atoms with Crippen molar-refractivity contribution in [3.05, 3.63) is 64.2 Å². The lowest BCUT2D eigenvalue weighted by Gasteiger charge is -2.07. The van der Waals surface area contributed by atoms with Gasteiger partial charge < -0.3 is 16.0 Å². The number of aromatic nitrogens is 4. The van der Waals surface area contributed by atoms with Crippen LogP contribution in [0.2, 0.25) is 0 Å². The van der Waals surface area contributed by atoms with Crippen LogP contribution < -0.4 is 16.0 Å². The molecular weight excluding hydrogens is 484 g/mol. The summed E-state index contributed by atoms with van der Waals surface area (Å²) in [6.45, 7) is 0.571. The molecule has 4 N–H and O–H groups in total. The van der Waals surface area contributed by atoms with E-state index in [0.717, 1.165) is 22.0 Å². The molecule has 0 atom stereocenters. The molecule has 4 aromatic rings. The Kier molecular flexibility index (Phi) is 7.07. The highest BCUT2D eigenvalue weighted by molar-refractivity contribution is 7.99. The van der Waals surface area contributed by atoms with Crippen LogP contribution in [0.5, 0.6) is 0 Å². The quantitative estimate of drug-likeness (QED) is 0.122. The average molecular weight is 501 g/mol. The minimum absolute atomic E-state index is 0.0509. The van der Waals surface area contributed by atoms with Crippen LogP contribution in [0.25, 0.3) is 10.2 Å². The highest BCUT2D eigenvalue weighted by Crippen LogP contribution is 2.29. The number of nitro benzene ring substituents is 1. The Balaban J connectivity index is 1.25. The highest BCUT2D eigenvalue weighted by atomic mass is 32.2. The summed E-state index contributed by atoms with van der Waals surface area (Å²) >= 11 is 7.62. The molecule has 0 unspecified atom stereocenters. The van der Waals surface area contributed by atoms with E-state index < -0.39 is 4.92 Å². The Bertz CT molecular complexity index is 1310. The van der Waals surface area contributed by atoms with Crippen molar-refractivity contribution in [2.24, 2.45) is 0 Å². The second kappa shape index (κ2) is 10.3. The van der Waals surface area contributed by atoms with Crippen LogP contribution in [-0.2, 0) is 11.3 Å². The molecule has 0 aliphatic heterocycles. The molecule has 0 bridgehead atoms. The molecule has 14 heteroatoms. The standard InChI is InChI=1S/C19H16N8O3S3/c28-15(22-18-21-13-8-12(27(29)30)6-7-14(13)33-18)10-32-19-24-16(25-26-19)23-17(31)20-9-11-4-2-1-3-5-11/h1-8H,9-10H2,(H,21,22,28)(H3,20,23,24,25,26,31). The number of hydrogen-bond acceptors (Lipinski definition) is 9. The van der Waals surface area contributed by atoms with Crippen LogP contribution in [0.4, 0.5) is 16.8 Å².